The number of aromatic nitrogens is 2. The van der Waals surface area contributed by atoms with Crippen LogP contribution in [0.15, 0.2) is 24.3 Å². The summed E-state index contributed by atoms with van der Waals surface area (Å²) in [7, 11) is 0. The standard InChI is InChI=1S/C14H10N6/c15-11-7-1-5-2-9-10(14(18)20-13(9)17)4-6(5)3-8(7)12(16)19-11/h1-4H,(H3,15,16,19)(H3,17,18,20). The molecule has 0 aliphatic rings. The Morgan fingerprint density at radius 1 is 0.650 bits per heavy atom. The fourth-order valence-electron chi connectivity index (χ4n) is 2.65. The number of hydrogen-bond donors (Lipinski definition) is 4. The average Bonchev–Trinajstić information content (AvgIpc) is 2.84. The van der Waals surface area contributed by atoms with Gasteiger partial charge in [-0.2, -0.15) is 0 Å². The summed E-state index contributed by atoms with van der Waals surface area (Å²) in [5, 5.41) is 20.5. The Kier molecular flexibility index (Phi) is 1.79. The van der Waals surface area contributed by atoms with Crippen LogP contribution in [-0.2, 0) is 0 Å². The van der Waals surface area contributed by atoms with Gasteiger partial charge in [-0.25, -0.2) is 9.97 Å². The number of fused-ring (bicyclic) bond motifs is 3. The Hall–Kier alpha value is -3.02. The maximum Gasteiger partial charge on any atom is 0.154 e. The van der Waals surface area contributed by atoms with E-state index in [1.165, 1.54) is 0 Å². The second-order valence-electron chi connectivity index (χ2n) is 4.83. The summed E-state index contributed by atoms with van der Waals surface area (Å²) in [6.07, 6.45) is 0. The molecule has 0 amide bonds. The van der Waals surface area contributed by atoms with E-state index in [4.69, 9.17) is 22.3 Å². The predicted molar refractivity (Wildman–Crippen MR) is 77.5 cm³/mol. The van der Waals surface area contributed by atoms with E-state index in [9.17, 15) is 0 Å². The molecule has 0 aliphatic heterocycles. The van der Waals surface area contributed by atoms with Gasteiger partial charge in [-0.3, -0.25) is 10.8 Å². The molecule has 0 radical (unpaired) electrons. The SMILES string of the molecule is N=c1nc(N)c2cc3cc4c(N)nc(=N)c4cc3cc12. The van der Waals surface area contributed by atoms with Crippen LogP contribution >= 0.6 is 0 Å². The lowest BCUT2D eigenvalue weighted by molar-refractivity contribution is 1.16. The average molecular weight is 262 g/mol. The summed E-state index contributed by atoms with van der Waals surface area (Å²) in [4.78, 5) is 7.95. The molecule has 4 rings (SSSR count). The van der Waals surface area contributed by atoms with Crippen molar-refractivity contribution in [3.8, 4) is 0 Å². The monoisotopic (exact) mass is 262 g/mol. The van der Waals surface area contributed by atoms with E-state index in [-0.39, 0.29) is 11.0 Å². The normalized spacial score (nSPS) is 11.8. The van der Waals surface area contributed by atoms with Gasteiger partial charge in [-0.15, -0.1) is 0 Å². The summed E-state index contributed by atoms with van der Waals surface area (Å²) in [6.45, 7) is 0. The molecule has 0 fully saturated rings. The molecular formula is C14H10N6. The van der Waals surface area contributed by atoms with Gasteiger partial charge in [0.2, 0.25) is 0 Å². The van der Waals surface area contributed by atoms with Crippen molar-refractivity contribution in [1.29, 1.82) is 10.8 Å². The van der Waals surface area contributed by atoms with Gasteiger partial charge in [-0.1, -0.05) is 0 Å². The molecule has 2 heterocycles. The molecule has 6 N–H and O–H groups in total. The predicted octanol–water partition coefficient (Wildman–Crippen LogP) is 0.935. The minimum Gasteiger partial charge on any atom is -0.383 e. The molecule has 0 saturated heterocycles. The van der Waals surface area contributed by atoms with Crippen molar-refractivity contribution in [3.63, 3.8) is 0 Å². The molecule has 0 unspecified atom stereocenters. The van der Waals surface area contributed by atoms with Crippen molar-refractivity contribution >= 4 is 44.0 Å². The van der Waals surface area contributed by atoms with Crippen LogP contribution in [0.5, 0.6) is 0 Å². The third kappa shape index (κ3) is 1.22. The molecule has 0 saturated carbocycles. The van der Waals surface area contributed by atoms with Crippen molar-refractivity contribution in [2.45, 2.75) is 0 Å². The van der Waals surface area contributed by atoms with Gasteiger partial charge in [0.1, 0.15) is 11.6 Å². The third-order valence-electron chi connectivity index (χ3n) is 3.64. The molecule has 6 nitrogen and oxygen atoms in total. The first-order chi connectivity index (χ1) is 9.54. The maximum atomic E-state index is 7.81. The molecule has 0 bridgehead atoms. The summed E-state index contributed by atoms with van der Waals surface area (Å²) in [5.74, 6) is 0.726. The minimum atomic E-state index is 0.172. The van der Waals surface area contributed by atoms with E-state index in [1.54, 1.807) is 0 Å². The zero-order valence-electron chi connectivity index (χ0n) is 10.4. The van der Waals surface area contributed by atoms with Crippen LogP contribution in [0.25, 0.3) is 32.3 Å². The summed E-state index contributed by atoms with van der Waals surface area (Å²) < 4.78 is 0. The van der Waals surface area contributed by atoms with Gasteiger partial charge in [0.05, 0.1) is 0 Å². The third-order valence-corrected chi connectivity index (χ3v) is 3.64. The molecule has 4 aromatic rings. The summed E-state index contributed by atoms with van der Waals surface area (Å²) in [6, 6.07) is 7.55. The van der Waals surface area contributed by atoms with Gasteiger partial charge in [0, 0.05) is 21.5 Å². The lowest BCUT2D eigenvalue weighted by Gasteiger charge is -2.00. The molecular weight excluding hydrogens is 252 g/mol. The van der Waals surface area contributed by atoms with E-state index >= 15 is 0 Å². The fraction of sp³-hybridized carbons (Fsp3) is 0. The molecule has 0 aliphatic carbocycles. The van der Waals surface area contributed by atoms with Crippen LogP contribution in [0.2, 0.25) is 0 Å². The second kappa shape index (κ2) is 3.30. The smallest absolute Gasteiger partial charge is 0.154 e. The Bertz CT molecular complexity index is 1020. The van der Waals surface area contributed by atoms with Crippen LogP contribution < -0.4 is 22.4 Å². The number of hydrogen-bond acceptors (Lipinski definition) is 6. The second-order valence-corrected chi connectivity index (χ2v) is 4.83. The zero-order chi connectivity index (χ0) is 14.0. The summed E-state index contributed by atoms with van der Waals surface area (Å²) in [5.41, 5.74) is 12.0. The lowest BCUT2D eigenvalue weighted by atomic mass is 10.0. The summed E-state index contributed by atoms with van der Waals surface area (Å²) >= 11 is 0. The number of nitrogens with zero attached hydrogens (tertiary/aromatic N) is 2. The van der Waals surface area contributed by atoms with Gasteiger partial charge in [0.25, 0.3) is 0 Å². The minimum absolute atomic E-state index is 0.172. The number of anilines is 2. The first-order valence-electron chi connectivity index (χ1n) is 6.03. The van der Waals surface area contributed by atoms with Gasteiger partial charge in [-0.05, 0) is 35.0 Å². The Balaban J connectivity index is 2.28. The van der Waals surface area contributed by atoms with Gasteiger partial charge < -0.3 is 11.5 Å². The highest BCUT2D eigenvalue weighted by Gasteiger charge is 2.10. The van der Waals surface area contributed by atoms with Crippen molar-refractivity contribution in [1.82, 2.24) is 9.97 Å². The zero-order valence-corrected chi connectivity index (χ0v) is 10.4. The first-order valence-corrected chi connectivity index (χ1v) is 6.03. The largest absolute Gasteiger partial charge is 0.383 e. The maximum absolute atomic E-state index is 7.81. The van der Waals surface area contributed by atoms with Crippen molar-refractivity contribution in [2.24, 2.45) is 0 Å². The van der Waals surface area contributed by atoms with Crippen LogP contribution in [0.1, 0.15) is 0 Å². The lowest BCUT2D eigenvalue weighted by Crippen LogP contribution is -1.99. The van der Waals surface area contributed by atoms with Crippen molar-refractivity contribution in [2.75, 3.05) is 11.5 Å². The number of nitrogens with one attached hydrogen (secondary N) is 2. The highest BCUT2D eigenvalue weighted by Crippen LogP contribution is 2.28. The number of nitrogens with two attached hydrogens (primary N) is 2. The van der Waals surface area contributed by atoms with Gasteiger partial charge in [0.15, 0.2) is 11.0 Å². The van der Waals surface area contributed by atoms with Crippen LogP contribution in [-0.4, -0.2) is 9.97 Å². The molecule has 20 heavy (non-hydrogen) atoms. The van der Waals surface area contributed by atoms with Gasteiger partial charge >= 0.3 is 0 Å². The van der Waals surface area contributed by atoms with E-state index in [0.717, 1.165) is 21.5 Å². The van der Waals surface area contributed by atoms with Crippen LogP contribution in [0, 0.1) is 10.8 Å². The molecule has 6 heteroatoms. The Morgan fingerprint density at radius 3 is 1.40 bits per heavy atom. The molecule has 96 valence electrons. The fourth-order valence-corrected chi connectivity index (χ4v) is 2.65. The topological polar surface area (TPSA) is 126 Å². The Morgan fingerprint density at radius 2 is 1.00 bits per heavy atom. The van der Waals surface area contributed by atoms with Crippen LogP contribution in [0.3, 0.4) is 0 Å². The number of nitrogen functional groups attached to an aromatic ring is 2. The molecule has 0 spiro atoms. The van der Waals surface area contributed by atoms with E-state index in [2.05, 4.69) is 9.97 Å². The quantitative estimate of drug-likeness (QED) is 0.376. The highest BCUT2D eigenvalue weighted by molar-refractivity contribution is 6.08. The van der Waals surface area contributed by atoms with Crippen molar-refractivity contribution in [3.05, 3.63) is 35.2 Å². The Labute approximate surface area is 112 Å². The highest BCUT2D eigenvalue weighted by atomic mass is 14.9. The molecule has 2 aromatic carbocycles. The van der Waals surface area contributed by atoms with Crippen molar-refractivity contribution < 1.29 is 0 Å². The number of benzene rings is 2. The first kappa shape index (κ1) is 10.9. The van der Waals surface area contributed by atoms with E-state index in [1.807, 2.05) is 24.3 Å². The molecule has 0 atom stereocenters. The van der Waals surface area contributed by atoms with E-state index in [0.29, 0.717) is 22.4 Å². The van der Waals surface area contributed by atoms with Crippen LogP contribution in [0.4, 0.5) is 11.6 Å². The molecule has 2 aromatic heterocycles. The number of rotatable bonds is 0. The van der Waals surface area contributed by atoms with E-state index < -0.39 is 0 Å².